The maximum absolute atomic E-state index is 4.82. The minimum atomic E-state index is 0.949. The summed E-state index contributed by atoms with van der Waals surface area (Å²) in [7, 11) is 4.16. The first-order valence-corrected chi connectivity index (χ1v) is 8.71. The summed E-state index contributed by atoms with van der Waals surface area (Å²) in [6, 6.07) is 14.7. The minimum Gasteiger partial charge on any atom is -0.305 e. The van der Waals surface area contributed by atoms with E-state index in [1.165, 1.54) is 5.56 Å². The SMILES string of the molecule is CN(C)Cc1ccc(-c2csc(-c3cnn4ccccc34)n2)cc1. The van der Waals surface area contributed by atoms with Crippen molar-refractivity contribution in [2.75, 3.05) is 14.1 Å². The van der Waals surface area contributed by atoms with Gasteiger partial charge in [-0.2, -0.15) is 5.10 Å². The van der Waals surface area contributed by atoms with Crippen molar-refractivity contribution in [1.29, 1.82) is 0 Å². The average molecular weight is 334 g/mol. The molecule has 0 fully saturated rings. The molecular weight excluding hydrogens is 316 g/mol. The van der Waals surface area contributed by atoms with Gasteiger partial charge in [0.05, 0.1) is 23.0 Å². The Bertz CT molecular complexity index is 966. The number of pyridine rings is 1. The van der Waals surface area contributed by atoms with E-state index in [1.807, 2.05) is 29.0 Å². The molecular formula is C19H18N4S. The van der Waals surface area contributed by atoms with Gasteiger partial charge in [0.2, 0.25) is 0 Å². The molecule has 0 saturated heterocycles. The maximum atomic E-state index is 4.82. The Balaban J connectivity index is 1.65. The van der Waals surface area contributed by atoms with Crippen LogP contribution in [0.2, 0.25) is 0 Å². The molecule has 3 aromatic heterocycles. The molecule has 0 N–H and O–H groups in total. The van der Waals surface area contributed by atoms with Crippen LogP contribution < -0.4 is 0 Å². The molecule has 4 aromatic rings. The largest absolute Gasteiger partial charge is 0.305 e. The average Bonchev–Trinajstić information content (AvgIpc) is 3.21. The van der Waals surface area contributed by atoms with Crippen LogP contribution in [-0.2, 0) is 6.54 Å². The van der Waals surface area contributed by atoms with Crippen molar-refractivity contribution in [3.63, 3.8) is 0 Å². The Kier molecular flexibility index (Phi) is 3.88. The molecule has 3 heterocycles. The summed E-state index contributed by atoms with van der Waals surface area (Å²) in [6.07, 6.45) is 3.84. The smallest absolute Gasteiger partial charge is 0.127 e. The van der Waals surface area contributed by atoms with Crippen molar-refractivity contribution in [1.82, 2.24) is 19.5 Å². The van der Waals surface area contributed by atoms with E-state index in [9.17, 15) is 0 Å². The van der Waals surface area contributed by atoms with Crippen molar-refractivity contribution >= 4 is 16.9 Å². The lowest BCUT2D eigenvalue weighted by Crippen LogP contribution is -2.10. The van der Waals surface area contributed by atoms with Crippen molar-refractivity contribution in [3.05, 3.63) is 65.8 Å². The van der Waals surface area contributed by atoms with Gasteiger partial charge >= 0.3 is 0 Å². The summed E-state index contributed by atoms with van der Waals surface area (Å²) < 4.78 is 1.88. The lowest BCUT2D eigenvalue weighted by molar-refractivity contribution is 0.402. The van der Waals surface area contributed by atoms with Crippen molar-refractivity contribution in [2.24, 2.45) is 0 Å². The van der Waals surface area contributed by atoms with E-state index >= 15 is 0 Å². The van der Waals surface area contributed by atoms with Gasteiger partial charge in [0.1, 0.15) is 5.01 Å². The minimum absolute atomic E-state index is 0.949. The zero-order valence-electron chi connectivity index (χ0n) is 13.7. The standard InChI is InChI=1S/C19H18N4S/c1-22(2)12-14-6-8-15(9-7-14)17-13-24-19(21-17)16-11-20-23-10-4-3-5-18(16)23/h3-11,13H,12H2,1-2H3. The summed E-state index contributed by atoms with van der Waals surface area (Å²) in [5.74, 6) is 0. The summed E-state index contributed by atoms with van der Waals surface area (Å²) in [6.45, 7) is 0.949. The van der Waals surface area contributed by atoms with Gasteiger partial charge in [0, 0.05) is 23.7 Å². The Morgan fingerprint density at radius 3 is 2.71 bits per heavy atom. The highest BCUT2D eigenvalue weighted by atomic mass is 32.1. The third-order valence-electron chi connectivity index (χ3n) is 3.91. The molecule has 0 saturated carbocycles. The lowest BCUT2D eigenvalue weighted by atomic mass is 10.1. The van der Waals surface area contributed by atoms with Crippen LogP contribution in [0, 0.1) is 0 Å². The molecule has 0 aliphatic heterocycles. The second-order valence-corrected chi connectivity index (χ2v) is 6.92. The zero-order valence-corrected chi connectivity index (χ0v) is 14.5. The third kappa shape index (κ3) is 2.84. The number of fused-ring (bicyclic) bond motifs is 1. The Morgan fingerprint density at radius 2 is 1.92 bits per heavy atom. The highest BCUT2D eigenvalue weighted by molar-refractivity contribution is 7.13. The molecule has 0 spiro atoms. The number of rotatable bonds is 4. The number of hydrogen-bond donors (Lipinski definition) is 0. The van der Waals surface area contributed by atoms with Crippen LogP contribution in [0.15, 0.2) is 60.2 Å². The highest BCUT2D eigenvalue weighted by Crippen LogP contribution is 2.31. The van der Waals surface area contributed by atoms with E-state index in [1.54, 1.807) is 11.3 Å². The fourth-order valence-electron chi connectivity index (χ4n) is 2.78. The van der Waals surface area contributed by atoms with Crippen LogP contribution in [0.3, 0.4) is 0 Å². The maximum Gasteiger partial charge on any atom is 0.127 e. The van der Waals surface area contributed by atoms with Crippen LogP contribution >= 0.6 is 11.3 Å². The molecule has 0 unspecified atom stereocenters. The van der Waals surface area contributed by atoms with Crippen molar-refractivity contribution in [3.8, 4) is 21.8 Å². The monoisotopic (exact) mass is 334 g/mol. The lowest BCUT2D eigenvalue weighted by Gasteiger charge is -2.09. The van der Waals surface area contributed by atoms with E-state index in [2.05, 4.69) is 59.8 Å². The number of aromatic nitrogens is 3. The number of nitrogens with zero attached hydrogens (tertiary/aromatic N) is 4. The molecule has 4 nitrogen and oxygen atoms in total. The normalized spacial score (nSPS) is 11.5. The molecule has 0 atom stereocenters. The predicted octanol–water partition coefficient (Wildman–Crippen LogP) is 4.19. The quantitative estimate of drug-likeness (QED) is 0.561. The van der Waals surface area contributed by atoms with E-state index < -0.39 is 0 Å². The third-order valence-corrected chi connectivity index (χ3v) is 4.79. The second-order valence-electron chi connectivity index (χ2n) is 6.06. The molecule has 0 bridgehead atoms. The topological polar surface area (TPSA) is 33.4 Å². The Labute approximate surface area is 145 Å². The van der Waals surface area contributed by atoms with Crippen molar-refractivity contribution < 1.29 is 0 Å². The van der Waals surface area contributed by atoms with Gasteiger partial charge in [-0.1, -0.05) is 30.3 Å². The highest BCUT2D eigenvalue weighted by Gasteiger charge is 2.11. The van der Waals surface area contributed by atoms with Gasteiger partial charge in [0.25, 0.3) is 0 Å². The molecule has 5 heteroatoms. The molecule has 0 radical (unpaired) electrons. The first kappa shape index (κ1) is 15.1. The van der Waals surface area contributed by atoms with E-state index in [0.29, 0.717) is 0 Å². The van der Waals surface area contributed by atoms with Gasteiger partial charge in [-0.05, 0) is 31.8 Å². The van der Waals surface area contributed by atoms with Crippen LogP contribution in [0.25, 0.3) is 27.3 Å². The molecule has 0 amide bonds. The van der Waals surface area contributed by atoms with E-state index in [-0.39, 0.29) is 0 Å². The first-order chi connectivity index (χ1) is 11.7. The molecule has 0 aliphatic rings. The second kappa shape index (κ2) is 6.19. The fourth-order valence-corrected chi connectivity index (χ4v) is 3.62. The zero-order chi connectivity index (χ0) is 16.5. The Morgan fingerprint density at radius 1 is 1.08 bits per heavy atom. The summed E-state index contributed by atoms with van der Waals surface area (Å²) in [5, 5.41) is 7.51. The van der Waals surface area contributed by atoms with Gasteiger partial charge in [-0.25, -0.2) is 9.50 Å². The molecule has 0 aliphatic carbocycles. The molecule has 24 heavy (non-hydrogen) atoms. The van der Waals surface area contributed by atoms with Crippen LogP contribution in [0.5, 0.6) is 0 Å². The Hall–Kier alpha value is -2.50. The van der Waals surface area contributed by atoms with Gasteiger partial charge in [0.15, 0.2) is 0 Å². The van der Waals surface area contributed by atoms with Crippen LogP contribution in [-0.4, -0.2) is 33.6 Å². The van der Waals surface area contributed by atoms with Gasteiger partial charge in [-0.15, -0.1) is 11.3 Å². The number of benzene rings is 1. The molecule has 120 valence electrons. The predicted molar refractivity (Wildman–Crippen MR) is 99.1 cm³/mol. The van der Waals surface area contributed by atoms with Crippen LogP contribution in [0.4, 0.5) is 0 Å². The first-order valence-electron chi connectivity index (χ1n) is 7.83. The molecule has 1 aromatic carbocycles. The van der Waals surface area contributed by atoms with Crippen LogP contribution in [0.1, 0.15) is 5.56 Å². The summed E-state index contributed by atoms with van der Waals surface area (Å²) in [5.41, 5.74) is 5.64. The van der Waals surface area contributed by atoms with Crippen molar-refractivity contribution in [2.45, 2.75) is 6.54 Å². The summed E-state index contributed by atoms with van der Waals surface area (Å²) in [4.78, 5) is 6.99. The number of hydrogen-bond acceptors (Lipinski definition) is 4. The van der Waals surface area contributed by atoms with E-state index in [4.69, 9.17) is 4.98 Å². The summed E-state index contributed by atoms with van der Waals surface area (Å²) >= 11 is 1.66. The van der Waals surface area contributed by atoms with Gasteiger partial charge in [-0.3, -0.25) is 0 Å². The fraction of sp³-hybridized carbons (Fsp3) is 0.158. The van der Waals surface area contributed by atoms with Gasteiger partial charge < -0.3 is 4.90 Å². The molecule has 4 rings (SSSR count). The van der Waals surface area contributed by atoms with E-state index in [0.717, 1.165) is 33.9 Å². The number of thiazole rings is 1.